The summed E-state index contributed by atoms with van der Waals surface area (Å²) in [6.07, 6.45) is 8.19. The second-order valence-electron chi connectivity index (χ2n) is 5.73. The highest BCUT2D eigenvalue weighted by Gasteiger charge is 2.34. The lowest BCUT2D eigenvalue weighted by Gasteiger charge is -2.47. The van der Waals surface area contributed by atoms with Crippen molar-refractivity contribution < 1.29 is 0 Å². The SMILES string of the molecule is CCC1(C)CNC(C)CN1CCCn1ccnc1. The summed E-state index contributed by atoms with van der Waals surface area (Å²) >= 11 is 0. The number of hydrogen-bond acceptors (Lipinski definition) is 3. The third-order valence-corrected chi connectivity index (χ3v) is 4.25. The molecule has 0 aromatic carbocycles. The lowest BCUT2D eigenvalue weighted by molar-refractivity contribution is 0.0506. The van der Waals surface area contributed by atoms with E-state index in [0.29, 0.717) is 11.6 Å². The van der Waals surface area contributed by atoms with Crippen LogP contribution < -0.4 is 5.32 Å². The summed E-state index contributed by atoms with van der Waals surface area (Å²) in [6, 6.07) is 0.609. The highest BCUT2D eigenvalue weighted by Crippen LogP contribution is 2.22. The summed E-state index contributed by atoms with van der Waals surface area (Å²) in [4.78, 5) is 6.74. The van der Waals surface area contributed by atoms with Gasteiger partial charge in [-0.2, -0.15) is 0 Å². The van der Waals surface area contributed by atoms with Gasteiger partial charge in [-0.15, -0.1) is 0 Å². The van der Waals surface area contributed by atoms with Gasteiger partial charge in [0.25, 0.3) is 0 Å². The third kappa shape index (κ3) is 3.12. The van der Waals surface area contributed by atoms with Gasteiger partial charge in [0.05, 0.1) is 6.33 Å². The zero-order valence-corrected chi connectivity index (χ0v) is 11.9. The first kappa shape index (κ1) is 13.6. The van der Waals surface area contributed by atoms with E-state index in [1.54, 1.807) is 0 Å². The molecule has 2 rings (SSSR count). The monoisotopic (exact) mass is 250 g/mol. The van der Waals surface area contributed by atoms with E-state index in [1.807, 2.05) is 18.7 Å². The van der Waals surface area contributed by atoms with Crippen LogP contribution in [0.2, 0.25) is 0 Å². The van der Waals surface area contributed by atoms with Gasteiger partial charge < -0.3 is 9.88 Å². The van der Waals surface area contributed by atoms with Crippen molar-refractivity contribution in [1.82, 2.24) is 19.8 Å². The minimum absolute atomic E-state index is 0.321. The normalized spacial score (nSPS) is 29.6. The predicted octanol–water partition coefficient (Wildman–Crippen LogP) is 1.74. The second-order valence-corrected chi connectivity index (χ2v) is 5.73. The average Bonchev–Trinajstić information content (AvgIpc) is 2.87. The number of nitrogens with one attached hydrogen (secondary N) is 1. The fourth-order valence-electron chi connectivity index (χ4n) is 2.69. The molecule has 0 bridgehead atoms. The van der Waals surface area contributed by atoms with Gasteiger partial charge in [0, 0.05) is 50.2 Å². The maximum atomic E-state index is 4.08. The molecular formula is C14H26N4. The molecule has 0 amide bonds. The molecule has 0 radical (unpaired) electrons. The first-order valence-electron chi connectivity index (χ1n) is 7.08. The molecule has 102 valence electrons. The zero-order chi connectivity index (χ0) is 13.0. The molecule has 1 N–H and O–H groups in total. The van der Waals surface area contributed by atoms with E-state index in [0.717, 1.165) is 19.6 Å². The molecule has 2 atom stereocenters. The van der Waals surface area contributed by atoms with Gasteiger partial charge in [0.2, 0.25) is 0 Å². The van der Waals surface area contributed by atoms with Crippen molar-refractivity contribution in [2.45, 2.75) is 51.7 Å². The Balaban J connectivity index is 1.85. The molecule has 1 aromatic rings. The number of rotatable bonds is 5. The quantitative estimate of drug-likeness (QED) is 0.864. The van der Waals surface area contributed by atoms with Gasteiger partial charge in [-0.05, 0) is 26.7 Å². The fourth-order valence-corrected chi connectivity index (χ4v) is 2.69. The Bertz CT molecular complexity index is 349. The molecule has 1 aromatic heterocycles. The molecule has 1 aliphatic rings. The summed E-state index contributed by atoms with van der Waals surface area (Å²) in [5.74, 6) is 0. The number of aryl methyl sites for hydroxylation is 1. The first-order valence-corrected chi connectivity index (χ1v) is 7.08. The summed E-state index contributed by atoms with van der Waals surface area (Å²) in [5.41, 5.74) is 0.321. The molecule has 0 spiro atoms. The molecule has 2 unspecified atom stereocenters. The van der Waals surface area contributed by atoms with Crippen LogP contribution in [-0.2, 0) is 6.54 Å². The maximum absolute atomic E-state index is 4.08. The lowest BCUT2D eigenvalue weighted by atomic mass is 9.92. The van der Waals surface area contributed by atoms with Gasteiger partial charge in [0.1, 0.15) is 0 Å². The topological polar surface area (TPSA) is 33.1 Å². The highest BCUT2D eigenvalue weighted by molar-refractivity contribution is 4.93. The zero-order valence-electron chi connectivity index (χ0n) is 11.9. The van der Waals surface area contributed by atoms with E-state index in [-0.39, 0.29) is 0 Å². The van der Waals surface area contributed by atoms with Gasteiger partial charge in [-0.3, -0.25) is 4.90 Å². The van der Waals surface area contributed by atoms with Gasteiger partial charge >= 0.3 is 0 Å². The molecule has 18 heavy (non-hydrogen) atoms. The van der Waals surface area contributed by atoms with Crippen LogP contribution in [-0.4, -0.2) is 45.7 Å². The molecular weight excluding hydrogens is 224 g/mol. The van der Waals surface area contributed by atoms with Crippen molar-refractivity contribution in [2.75, 3.05) is 19.6 Å². The third-order valence-electron chi connectivity index (χ3n) is 4.25. The molecule has 1 saturated heterocycles. The van der Waals surface area contributed by atoms with E-state index in [1.165, 1.54) is 19.4 Å². The van der Waals surface area contributed by atoms with Gasteiger partial charge in [-0.1, -0.05) is 6.92 Å². The van der Waals surface area contributed by atoms with E-state index >= 15 is 0 Å². The van der Waals surface area contributed by atoms with E-state index in [2.05, 4.69) is 40.5 Å². The summed E-state index contributed by atoms with van der Waals surface area (Å²) in [7, 11) is 0. The van der Waals surface area contributed by atoms with Crippen LogP contribution in [0.4, 0.5) is 0 Å². The van der Waals surface area contributed by atoms with Crippen LogP contribution in [0.5, 0.6) is 0 Å². The van der Waals surface area contributed by atoms with Crippen LogP contribution >= 0.6 is 0 Å². The molecule has 1 fully saturated rings. The van der Waals surface area contributed by atoms with Gasteiger partial charge in [0.15, 0.2) is 0 Å². The Hall–Kier alpha value is -0.870. The Kier molecular flexibility index (Phi) is 4.40. The molecule has 0 saturated carbocycles. The maximum Gasteiger partial charge on any atom is 0.0945 e. The molecule has 4 heteroatoms. The highest BCUT2D eigenvalue weighted by atomic mass is 15.3. The van der Waals surface area contributed by atoms with Gasteiger partial charge in [-0.25, -0.2) is 4.98 Å². The molecule has 1 aliphatic heterocycles. The van der Waals surface area contributed by atoms with Crippen LogP contribution in [0.1, 0.15) is 33.6 Å². The van der Waals surface area contributed by atoms with Crippen LogP contribution in [0, 0.1) is 0 Å². The number of hydrogen-bond donors (Lipinski definition) is 1. The smallest absolute Gasteiger partial charge is 0.0945 e. The second kappa shape index (κ2) is 5.85. The fraction of sp³-hybridized carbons (Fsp3) is 0.786. The predicted molar refractivity (Wildman–Crippen MR) is 74.6 cm³/mol. The molecule has 2 heterocycles. The van der Waals surface area contributed by atoms with Crippen molar-refractivity contribution in [1.29, 1.82) is 0 Å². The average molecular weight is 250 g/mol. The lowest BCUT2D eigenvalue weighted by Crippen LogP contribution is -2.62. The minimum Gasteiger partial charge on any atom is -0.337 e. The Labute approximate surface area is 110 Å². The van der Waals surface area contributed by atoms with Crippen molar-refractivity contribution in [3.63, 3.8) is 0 Å². The largest absolute Gasteiger partial charge is 0.337 e. The number of aromatic nitrogens is 2. The van der Waals surface area contributed by atoms with Crippen LogP contribution in [0.25, 0.3) is 0 Å². The summed E-state index contributed by atoms with van der Waals surface area (Å²) < 4.78 is 2.16. The standard InChI is InChI=1S/C14H26N4/c1-4-14(3)11-16-13(2)10-18(14)8-5-7-17-9-6-15-12-17/h6,9,12-13,16H,4-5,7-8,10-11H2,1-3H3. The molecule has 0 aliphatic carbocycles. The minimum atomic E-state index is 0.321. The van der Waals surface area contributed by atoms with Crippen LogP contribution in [0.3, 0.4) is 0 Å². The number of imidazole rings is 1. The van der Waals surface area contributed by atoms with E-state index in [4.69, 9.17) is 0 Å². The number of nitrogens with zero attached hydrogens (tertiary/aromatic N) is 3. The van der Waals surface area contributed by atoms with Crippen molar-refractivity contribution in [2.24, 2.45) is 0 Å². The first-order chi connectivity index (χ1) is 8.64. The van der Waals surface area contributed by atoms with Crippen molar-refractivity contribution in [3.05, 3.63) is 18.7 Å². The Morgan fingerprint density at radius 2 is 2.28 bits per heavy atom. The van der Waals surface area contributed by atoms with Crippen molar-refractivity contribution >= 4 is 0 Å². The molecule has 4 nitrogen and oxygen atoms in total. The van der Waals surface area contributed by atoms with Crippen molar-refractivity contribution in [3.8, 4) is 0 Å². The number of piperazine rings is 1. The van der Waals surface area contributed by atoms with E-state index in [9.17, 15) is 0 Å². The summed E-state index contributed by atoms with van der Waals surface area (Å²) in [6.45, 7) is 11.5. The Morgan fingerprint density at radius 3 is 2.94 bits per heavy atom. The van der Waals surface area contributed by atoms with E-state index < -0.39 is 0 Å². The Morgan fingerprint density at radius 1 is 1.44 bits per heavy atom. The summed E-state index contributed by atoms with van der Waals surface area (Å²) in [5, 5.41) is 3.60. The van der Waals surface area contributed by atoms with Crippen LogP contribution in [0.15, 0.2) is 18.7 Å².